The van der Waals surface area contributed by atoms with E-state index in [2.05, 4.69) is 39.2 Å². The van der Waals surface area contributed by atoms with Crippen molar-refractivity contribution in [2.24, 2.45) is 0 Å². The summed E-state index contributed by atoms with van der Waals surface area (Å²) in [6, 6.07) is 0. The van der Waals surface area contributed by atoms with Crippen LogP contribution in [-0.2, 0) is 14.2 Å². The van der Waals surface area contributed by atoms with Crippen LogP contribution in [0.5, 0.6) is 0 Å². The van der Waals surface area contributed by atoms with Gasteiger partial charge in [0.05, 0.1) is 17.9 Å². The number of hydrogen-bond donors (Lipinski definition) is 0. The minimum absolute atomic E-state index is 0.0379. The van der Waals surface area contributed by atoms with Gasteiger partial charge in [-0.2, -0.15) is 13.2 Å². The number of rotatable bonds is 13. The maximum absolute atomic E-state index is 12.4. The molecule has 12 heteroatoms. The Morgan fingerprint density at radius 2 is 1.71 bits per heavy atom. The van der Waals surface area contributed by atoms with E-state index in [1.807, 2.05) is 14.1 Å². The van der Waals surface area contributed by atoms with Gasteiger partial charge in [-0.25, -0.2) is 0 Å². The number of ether oxygens (including phenoxy) is 3. The van der Waals surface area contributed by atoms with Crippen molar-refractivity contribution in [2.75, 3.05) is 39.5 Å². The molecule has 2 aliphatic heterocycles. The van der Waals surface area contributed by atoms with Crippen molar-refractivity contribution in [1.29, 1.82) is 0 Å². The van der Waals surface area contributed by atoms with Crippen LogP contribution in [0.1, 0.15) is 44.9 Å². The molecule has 0 aromatic carbocycles. The van der Waals surface area contributed by atoms with Crippen molar-refractivity contribution in [3.8, 4) is 0 Å². The number of alkyl halides is 6. The summed E-state index contributed by atoms with van der Waals surface area (Å²) in [5, 5.41) is 0. The van der Waals surface area contributed by atoms with E-state index in [-0.39, 0.29) is 42.6 Å². The molecule has 3 rings (SSSR count). The second kappa shape index (κ2) is 14.5. The first-order chi connectivity index (χ1) is 19.2. The van der Waals surface area contributed by atoms with E-state index in [9.17, 15) is 26.3 Å². The number of allylic oxidation sites excluding steroid dienone is 4. The number of thioether (sulfide) groups is 1. The lowest BCUT2D eigenvalue weighted by molar-refractivity contribution is -0.324. The molecule has 0 amide bonds. The highest BCUT2D eigenvalue weighted by atomic mass is 32.2. The summed E-state index contributed by atoms with van der Waals surface area (Å²) in [5.74, 6) is 1.90. The quantitative estimate of drug-likeness (QED) is 0.0931. The van der Waals surface area contributed by atoms with Gasteiger partial charge in [0.1, 0.15) is 18.0 Å². The molecule has 0 saturated heterocycles. The molecule has 0 bridgehead atoms. The van der Waals surface area contributed by atoms with Crippen LogP contribution >= 0.6 is 11.8 Å². The summed E-state index contributed by atoms with van der Waals surface area (Å²) in [5.41, 5.74) is 3.72. The molecular weight excluding hydrogens is 570 g/mol. The van der Waals surface area contributed by atoms with E-state index in [1.54, 1.807) is 12.2 Å². The highest BCUT2D eigenvalue weighted by Crippen LogP contribution is 2.36. The zero-order chi connectivity index (χ0) is 30.2. The maximum Gasteiger partial charge on any atom is 0.522 e. The molecule has 0 aromatic rings. The first-order valence-electron chi connectivity index (χ1n) is 13.4. The van der Waals surface area contributed by atoms with Crippen LogP contribution < -0.4 is 0 Å². The van der Waals surface area contributed by atoms with Crippen LogP contribution in [0.25, 0.3) is 0 Å². The Bertz CT molecular complexity index is 1130. The van der Waals surface area contributed by atoms with Gasteiger partial charge in [0.2, 0.25) is 0 Å². The highest BCUT2D eigenvalue weighted by molar-refractivity contribution is 8.00. The molecule has 0 saturated carbocycles. The van der Waals surface area contributed by atoms with Crippen LogP contribution in [0.15, 0.2) is 70.8 Å². The topological polar surface area (TPSA) is 34.2 Å². The minimum atomic E-state index is -4.67. The van der Waals surface area contributed by atoms with Crippen molar-refractivity contribution in [1.82, 2.24) is 9.80 Å². The van der Waals surface area contributed by atoms with Gasteiger partial charge in [0, 0.05) is 57.8 Å². The number of halogens is 6. The zero-order valence-electron chi connectivity index (χ0n) is 23.3. The molecule has 0 radical (unpaired) electrons. The van der Waals surface area contributed by atoms with Crippen molar-refractivity contribution in [2.45, 2.75) is 69.0 Å². The smallest absolute Gasteiger partial charge is 0.491 e. The molecule has 0 aromatic heterocycles. The average molecular weight is 607 g/mol. The van der Waals surface area contributed by atoms with Crippen LogP contribution in [0, 0.1) is 0 Å². The van der Waals surface area contributed by atoms with Gasteiger partial charge in [0.15, 0.2) is 5.76 Å². The first kappa shape index (κ1) is 32.9. The Balaban J connectivity index is 1.69. The molecule has 0 fully saturated rings. The lowest BCUT2D eigenvalue weighted by Gasteiger charge is -2.40. The highest BCUT2D eigenvalue weighted by Gasteiger charge is 2.38. The third-order valence-electron chi connectivity index (χ3n) is 6.84. The molecule has 41 heavy (non-hydrogen) atoms. The predicted octanol–water partition coefficient (Wildman–Crippen LogP) is 7.58. The molecule has 3 aliphatic rings. The summed E-state index contributed by atoms with van der Waals surface area (Å²) >= 11 is -0.0496. The first-order valence-corrected chi connectivity index (χ1v) is 14.4. The number of hydrogen-bond acceptors (Lipinski definition) is 6. The number of nitrogens with zero attached hydrogens (tertiary/aromatic N) is 2. The molecule has 0 spiro atoms. The molecule has 228 valence electrons. The SMILES string of the molecule is C=C(CCSC(F)(F)F)CCC(=C)OC1CCCN(C)C2=C1C(OC1=C=C=C(CCOC(F)(F)F)C=C1)CCN2C. The predicted molar refractivity (Wildman–Crippen MR) is 146 cm³/mol. The molecular formula is C29H36F6N2O3S. The average Bonchev–Trinajstić information content (AvgIpc) is 3.03. The fraction of sp³-hybridized carbons (Fsp3) is 0.586. The summed E-state index contributed by atoms with van der Waals surface area (Å²) in [6.07, 6.45) is 1.51. The van der Waals surface area contributed by atoms with Gasteiger partial charge in [0.25, 0.3) is 0 Å². The van der Waals surface area contributed by atoms with Crippen LogP contribution in [-0.4, -0.2) is 73.4 Å². The van der Waals surface area contributed by atoms with E-state index in [1.165, 1.54) is 0 Å². The van der Waals surface area contributed by atoms with Gasteiger partial charge in [-0.05, 0) is 43.6 Å². The van der Waals surface area contributed by atoms with Gasteiger partial charge >= 0.3 is 11.9 Å². The fourth-order valence-corrected chi connectivity index (χ4v) is 5.50. The Hall–Kier alpha value is -2.65. The van der Waals surface area contributed by atoms with Gasteiger partial charge in [-0.1, -0.05) is 36.2 Å². The van der Waals surface area contributed by atoms with E-state index < -0.39 is 18.5 Å². The van der Waals surface area contributed by atoms with Gasteiger partial charge < -0.3 is 19.3 Å². The maximum atomic E-state index is 12.4. The van der Waals surface area contributed by atoms with Crippen LogP contribution in [0.4, 0.5) is 26.3 Å². The third-order valence-corrected chi connectivity index (χ3v) is 7.57. The molecule has 2 unspecified atom stereocenters. The summed E-state index contributed by atoms with van der Waals surface area (Å²) in [6.45, 7) is 9.04. The third kappa shape index (κ3) is 10.9. The lowest BCUT2D eigenvalue weighted by Crippen LogP contribution is -2.42. The minimum Gasteiger partial charge on any atom is -0.491 e. The van der Waals surface area contributed by atoms with E-state index in [0.717, 1.165) is 37.3 Å². The Morgan fingerprint density at radius 1 is 0.976 bits per heavy atom. The van der Waals surface area contributed by atoms with Gasteiger partial charge in [-0.3, -0.25) is 4.74 Å². The van der Waals surface area contributed by atoms with E-state index in [0.29, 0.717) is 41.9 Å². The molecule has 2 heterocycles. The van der Waals surface area contributed by atoms with E-state index in [4.69, 9.17) is 9.47 Å². The summed E-state index contributed by atoms with van der Waals surface area (Å²) in [4.78, 5) is 4.34. The Labute approximate surface area is 241 Å². The zero-order valence-corrected chi connectivity index (χ0v) is 24.1. The molecule has 1 aliphatic carbocycles. The van der Waals surface area contributed by atoms with Crippen LogP contribution in [0.2, 0.25) is 0 Å². The van der Waals surface area contributed by atoms with Crippen LogP contribution in [0.3, 0.4) is 0 Å². The second-order valence-corrected chi connectivity index (χ2v) is 11.3. The lowest BCUT2D eigenvalue weighted by atomic mass is 9.94. The fourth-order valence-electron chi connectivity index (χ4n) is 4.88. The molecule has 2 atom stereocenters. The largest absolute Gasteiger partial charge is 0.522 e. The van der Waals surface area contributed by atoms with Crippen molar-refractivity contribution >= 4 is 11.8 Å². The summed E-state index contributed by atoms with van der Waals surface area (Å²) in [7, 11) is 4.03. The van der Waals surface area contributed by atoms with E-state index >= 15 is 0 Å². The van der Waals surface area contributed by atoms with Crippen molar-refractivity contribution in [3.05, 3.63) is 70.8 Å². The standard InChI is InChI=1S/C29H36F6N2O3S/c1-20(15-19-41-29(33,34)35)7-8-21(2)39-24-6-5-16-36(3)27-26(24)25(13-17-37(27)4)40-23-11-9-22(10-12-23)14-18-38-28(30,31)32/h9,11,24-25H,1-2,5-8,13-19H2,3-4H3. The second-order valence-electron chi connectivity index (χ2n) is 10.1. The van der Waals surface area contributed by atoms with Gasteiger partial charge in [-0.15, -0.1) is 13.2 Å². The Kier molecular flexibility index (Phi) is 11.6. The molecule has 5 nitrogen and oxygen atoms in total. The van der Waals surface area contributed by atoms with Crippen molar-refractivity contribution in [3.63, 3.8) is 0 Å². The summed E-state index contributed by atoms with van der Waals surface area (Å²) < 4.78 is 90.5. The normalized spacial score (nSPS) is 21.3. The monoisotopic (exact) mass is 606 g/mol. The molecule has 0 N–H and O–H groups in total. The Morgan fingerprint density at radius 3 is 2.37 bits per heavy atom. The van der Waals surface area contributed by atoms with Crippen molar-refractivity contribution < 1.29 is 40.6 Å².